The summed E-state index contributed by atoms with van der Waals surface area (Å²) >= 11 is 0. The SMILES string of the molecule is NC(=O)[C@@H]1CCCN1C(=O)C=Cc1cc(N)ccc1O. The molecule has 5 N–H and O–H groups in total. The van der Waals surface area contributed by atoms with Gasteiger partial charge in [-0.05, 0) is 37.1 Å². The minimum atomic E-state index is -0.540. The maximum atomic E-state index is 12.0. The van der Waals surface area contributed by atoms with Crippen LogP contribution in [-0.4, -0.2) is 34.4 Å². The topological polar surface area (TPSA) is 110 Å². The van der Waals surface area contributed by atoms with Crippen LogP contribution in [0.2, 0.25) is 0 Å². The predicted octanol–water partition coefficient (Wildman–Crippen LogP) is 0.464. The Labute approximate surface area is 116 Å². The van der Waals surface area contributed by atoms with E-state index >= 15 is 0 Å². The lowest BCUT2D eigenvalue weighted by atomic mass is 10.1. The van der Waals surface area contributed by atoms with Crippen molar-refractivity contribution in [3.63, 3.8) is 0 Å². The fourth-order valence-electron chi connectivity index (χ4n) is 2.29. The van der Waals surface area contributed by atoms with Gasteiger partial charge in [-0.1, -0.05) is 0 Å². The van der Waals surface area contributed by atoms with Crippen LogP contribution >= 0.6 is 0 Å². The van der Waals surface area contributed by atoms with Crippen molar-refractivity contribution in [2.24, 2.45) is 5.73 Å². The van der Waals surface area contributed by atoms with E-state index in [-0.39, 0.29) is 11.7 Å². The van der Waals surface area contributed by atoms with Crippen molar-refractivity contribution >= 4 is 23.6 Å². The highest BCUT2D eigenvalue weighted by atomic mass is 16.3. The first-order valence-corrected chi connectivity index (χ1v) is 6.35. The Hall–Kier alpha value is -2.50. The molecule has 1 fully saturated rings. The van der Waals surface area contributed by atoms with Crippen molar-refractivity contribution in [3.05, 3.63) is 29.8 Å². The molecule has 1 atom stereocenters. The zero-order valence-corrected chi connectivity index (χ0v) is 11.0. The van der Waals surface area contributed by atoms with Crippen LogP contribution in [-0.2, 0) is 9.59 Å². The molecule has 20 heavy (non-hydrogen) atoms. The molecule has 0 spiro atoms. The summed E-state index contributed by atoms with van der Waals surface area (Å²) < 4.78 is 0. The number of nitrogen functional groups attached to an aromatic ring is 1. The van der Waals surface area contributed by atoms with Gasteiger partial charge in [0, 0.05) is 23.9 Å². The number of nitrogens with zero attached hydrogens (tertiary/aromatic N) is 1. The van der Waals surface area contributed by atoms with E-state index in [1.807, 2.05) is 0 Å². The highest BCUT2D eigenvalue weighted by Crippen LogP contribution is 2.22. The number of likely N-dealkylation sites (tertiary alicyclic amines) is 1. The number of nitrogens with two attached hydrogens (primary N) is 2. The summed E-state index contributed by atoms with van der Waals surface area (Å²) in [5.41, 5.74) is 11.8. The second-order valence-corrected chi connectivity index (χ2v) is 4.74. The molecule has 0 radical (unpaired) electrons. The first-order valence-electron chi connectivity index (χ1n) is 6.35. The van der Waals surface area contributed by atoms with Crippen LogP contribution in [0.3, 0.4) is 0 Å². The van der Waals surface area contributed by atoms with Gasteiger partial charge >= 0.3 is 0 Å². The van der Waals surface area contributed by atoms with E-state index in [9.17, 15) is 14.7 Å². The number of carbonyl (C=O) groups excluding carboxylic acids is 2. The Morgan fingerprint density at radius 2 is 2.15 bits per heavy atom. The third-order valence-electron chi connectivity index (χ3n) is 3.32. The number of phenolic OH excluding ortho intramolecular Hbond substituents is 1. The number of carbonyl (C=O) groups is 2. The van der Waals surface area contributed by atoms with Gasteiger partial charge in [0.05, 0.1) is 0 Å². The van der Waals surface area contributed by atoms with Crippen molar-refractivity contribution in [2.45, 2.75) is 18.9 Å². The van der Waals surface area contributed by atoms with Gasteiger partial charge in [0.1, 0.15) is 11.8 Å². The highest BCUT2D eigenvalue weighted by molar-refractivity contribution is 5.96. The minimum absolute atomic E-state index is 0.0381. The molecule has 0 aliphatic carbocycles. The molecule has 1 aromatic carbocycles. The second-order valence-electron chi connectivity index (χ2n) is 4.74. The zero-order valence-electron chi connectivity index (χ0n) is 11.0. The molecule has 0 aromatic heterocycles. The van der Waals surface area contributed by atoms with Crippen LogP contribution in [0.15, 0.2) is 24.3 Å². The Bertz CT molecular complexity index is 569. The summed E-state index contributed by atoms with van der Waals surface area (Å²) in [4.78, 5) is 24.7. The monoisotopic (exact) mass is 275 g/mol. The first-order chi connectivity index (χ1) is 9.49. The van der Waals surface area contributed by atoms with Gasteiger partial charge in [-0.3, -0.25) is 9.59 Å². The lowest BCUT2D eigenvalue weighted by molar-refractivity contribution is -0.133. The molecule has 1 aliphatic heterocycles. The molecule has 0 unspecified atom stereocenters. The first kappa shape index (κ1) is 13.9. The number of benzene rings is 1. The van der Waals surface area contributed by atoms with Crippen LogP contribution < -0.4 is 11.5 Å². The van der Waals surface area contributed by atoms with E-state index < -0.39 is 11.9 Å². The molecule has 1 aliphatic rings. The van der Waals surface area contributed by atoms with Gasteiger partial charge in [0.2, 0.25) is 11.8 Å². The second kappa shape index (κ2) is 5.64. The van der Waals surface area contributed by atoms with E-state index in [0.29, 0.717) is 24.2 Å². The number of phenols is 1. The molecule has 0 bridgehead atoms. The van der Waals surface area contributed by atoms with Crippen LogP contribution in [0.25, 0.3) is 6.08 Å². The molecular formula is C14H17N3O3. The highest BCUT2D eigenvalue weighted by Gasteiger charge is 2.31. The predicted molar refractivity (Wildman–Crippen MR) is 75.5 cm³/mol. The third-order valence-corrected chi connectivity index (χ3v) is 3.32. The molecular weight excluding hydrogens is 258 g/mol. The average molecular weight is 275 g/mol. The Morgan fingerprint density at radius 3 is 2.85 bits per heavy atom. The number of primary amides is 1. The number of rotatable bonds is 3. The molecule has 1 heterocycles. The molecule has 2 amide bonds. The van der Waals surface area contributed by atoms with Crippen molar-refractivity contribution in [1.29, 1.82) is 0 Å². The molecule has 6 nitrogen and oxygen atoms in total. The van der Waals surface area contributed by atoms with Crippen molar-refractivity contribution in [1.82, 2.24) is 4.90 Å². The van der Waals surface area contributed by atoms with E-state index in [1.54, 1.807) is 12.1 Å². The molecule has 2 rings (SSSR count). The smallest absolute Gasteiger partial charge is 0.247 e. The van der Waals surface area contributed by atoms with Crippen LogP contribution in [0.4, 0.5) is 5.69 Å². The summed E-state index contributed by atoms with van der Waals surface area (Å²) in [7, 11) is 0. The standard InChI is InChI=1S/C14H17N3O3/c15-10-4-5-12(18)9(8-10)3-6-13(19)17-7-1-2-11(17)14(16)20/h3-6,8,11,18H,1-2,7,15H2,(H2,16,20)/t11-/m0/s1. The van der Waals surface area contributed by atoms with Gasteiger partial charge < -0.3 is 21.5 Å². The lowest BCUT2D eigenvalue weighted by Crippen LogP contribution is -2.43. The molecule has 1 saturated heterocycles. The number of hydrogen-bond donors (Lipinski definition) is 3. The van der Waals surface area contributed by atoms with Gasteiger partial charge in [-0.15, -0.1) is 0 Å². The van der Waals surface area contributed by atoms with Crippen LogP contribution in [0.5, 0.6) is 5.75 Å². The van der Waals surface area contributed by atoms with E-state index in [1.165, 1.54) is 23.1 Å². The number of aromatic hydroxyl groups is 1. The molecule has 6 heteroatoms. The van der Waals surface area contributed by atoms with Gasteiger partial charge in [-0.25, -0.2) is 0 Å². The minimum Gasteiger partial charge on any atom is -0.507 e. The third kappa shape index (κ3) is 2.90. The van der Waals surface area contributed by atoms with Gasteiger partial charge in [0.25, 0.3) is 0 Å². The Balaban J connectivity index is 2.13. The van der Waals surface area contributed by atoms with Crippen molar-refractivity contribution in [3.8, 4) is 5.75 Å². The fraction of sp³-hybridized carbons (Fsp3) is 0.286. The molecule has 106 valence electrons. The Kier molecular flexibility index (Phi) is 3.93. The van der Waals surface area contributed by atoms with Crippen molar-refractivity contribution in [2.75, 3.05) is 12.3 Å². The maximum Gasteiger partial charge on any atom is 0.247 e. The summed E-state index contributed by atoms with van der Waals surface area (Å²) in [6.07, 6.45) is 4.15. The summed E-state index contributed by atoms with van der Waals surface area (Å²) in [6.45, 7) is 0.514. The van der Waals surface area contributed by atoms with E-state index in [0.717, 1.165) is 6.42 Å². The molecule has 0 saturated carbocycles. The largest absolute Gasteiger partial charge is 0.507 e. The van der Waals surface area contributed by atoms with E-state index in [2.05, 4.69) is 0 Å². The number of hydrogen-bond acceptors (Lipinski definition) is 4. The van der Waals surface area contributed by atoms with Crippen LogP contribution in [0.1, 0.15) is 18.4 Å². The fourth-order valence-corrected chi connectivity index (χ4v) is 2.29. The summed E-state index contributed by atoms with van der Waals surface area (Å²) in [6, 6.07) is 4.05. The quantitative estimate of drug-likeness (QED) is 0.423. The Morgan fingerprint density at radius 1 is 1.40 bits per heavy atom. The average Bonchev–Trinajstić information content (AvgIpc) is 2.89. The van der Waals surface area contributed by atoms with Crippen LogP contribution in [0, 0.1) is 0 Å². The van der Waals surface area contributed by atoms with E-state index in [4.69, 9.17) is 11.5 Å². The summed E-state index contributed by atoms with van der Waals surface area (Å²) in [5.74, 6) is -0.750. The van der Waals surface area contributed by atoms with Gasteiger partial charge in [-0.2, -0.15) is 0 Å². The van der Waals surface area contributed by atoms with Gasteiger partial charge in [0.15, 0.2) is 0 Å². The molecule has 1 aromatic rings. The maximum absolute atomic E-state index is 12.0. The normalized spacial score (nSPS) is 18.6. The number of anilines is 1. The van der Waals surface area contributed by atoms with Crippen molar-refractivity contribution < 1.29 is 14.7 Å². The zero-order chi connectivity index (χ0) is 14.7. The summed E-state index contributed by atoms with van der Waals surface area (Å²) in [5, 5.41) is 9.65. The number of amides is 2. The lowest BCUT2D eigenvalue weighted by Gasteiger charge is -2.20.